The normalized spacial score (nSPS) is 26.1. The Morgan fingerprint density at radius 2 is 2.23 bits per heavy atom. The van der Waals surface area contributed by atoms with Gasteiger partial charge in [-0.15, -0.1) is 0 Å². The molecule has 1 fully saturated rings. The van der Waals surface area contributed by atoms with Gasteiger partial charge < -0.3 is 5.73 Å². The van der Waals surface area contributed by atoms with Gasteiger partial charge in [-0.25, -0.2) is 0 Å². The predicted molar refractivity (Wildman–Crippen MR) is 58.8 cm³/mol. The molecular formula is C11H14BrN. The van der Waals surface area contributed by atoms with Crippen LogP contribution in [0.2, 0.25) is 0 Å². The van der Waals surface area contributed by atoms with Gasteiger partial charge in [-0.05, 0) is 55.0 Å². The van der Waals surface area contributed by atoms with E-state index in [9.17, 15) is 0 Å². The van der Waals surface area contributed by atoms with Crippen LogP contribution in [0.15, 0.2) is 22.7 Å². The second-order valence-corrected chi connectivity index (χ2v) is 4.82. The SMILES string of the molecule is Cc1cc(Br)cc([C@@H]2C[C@H]2CN)c1. The first-order valence-electron chi connectivity index (χ1n) is 4.68. The Morgan fingerprint density at radius 1 is 1.46 bits per heavy atom. The summed E-state index contributed by atoms with van der Waals surface area (Å²) in [5, 5.41) is 0. The zero-order chi connectivity index (χ0) is 9.42. The minimum Gasteiger partial charge on any atom is -0.330 e. The molecule has 0 aromatic heterocycles. The first-order chi connectivity index (χ1) is 6.20. The number of rotatable bonds is 2. The Balaban J connectivity index is 2.22. The Labute approximate surface area is 87.5 Å². The molecule has 2 rings (SSSR count). The molecular weight excluding hydrogens is 226 g/mol. The minimum atomic E-state index is 0.723. The van der Waals surface area contributed by atoms with Gasteiger partial charge in [0, 0.05) is 4.47 Å². The maximum atomic E-state index is 5.63. The van der Waals surface area contributed by atoms with E-state index in [2.05, 4.69) is 41.1 Å². The van der Waals surface area contributed by atoms with E-state index in [0.717, 1.165) is 18.4 Å². The summed E-state index contributed by atoms with van der Waals surface area (Å²) in [4.78, 5) is 0. The molecule has 1 aliphatic rings. The van der Waals surface area contributed by atoms with Crippen molar-refractivity contribution in [3.8, 4) is 0 Å². The van der Waals surface area contributed by atoms with Crippen molar-refractivity contribution < 1.29 is 0 Å². The van der Waals surface area contributed by atoms with E-state index in [1.807, 2.05) is 0 Å². The second-order valence-electron chi connectivity index (χ2n) is 3.90. The Bertz CT molecular complexity index is 302. The first-order valence-corrected chi connectivity index (χ1v) is 5.47. The molecule has 2 N–H and O–H groups in total. The lowest BCUT2D eigenvalue weighted by atomic mass is 10.1. The molecule has 2 atom stereocenters. The number of benzene rings is 1. The van der Waals surface area contributed by atoms with E-state index in [4.69, 9.17) is 5.73 Å². The summed E-state index contributed by atoms with van der Waals surface area (Å²) in [6, 6.07) is 6.63. The van der Waals surface area contributed by atoms with Gasteiger partial charge >= 0.3 is 0 Å². The number of hydrogen-bond donors (Lipinski definition) is 1. The van der Waals surface area contributed by atoms with Gasteiger partial charge in [-0.3, -0.25) is 0 Å². The van der Waals surface area contributed by atoms with Crippen LogP contribution in [0.4, 0.5) is 0 Å². The molecule has 70 valence electrons. The summed E-state index contributed by atoms with van der Waals surface area (Å²) in [5.41, 5.74) is 8.40. The largest absolute Gasteiger partial charge is 0.330 e. The summed E-state index contributed by atoms with van der Waals surface area (Å²) in [6.45, 7) is 2.96. The van der Waals surface area contributed by atoms with E-state index in [1.54, 1.807) is 0 Å². The molecule has 0 amide bonds. The lowest BCUT2D eigenvalue weighted by Crippen LogP contribution is -2.01. The molecule has 0 saturated heterocycles. The topological polar surface area (TPSA) is 26.0 Å². The molecule has 1 aliphatic carbocycles. The first kappa shape index (κ1) is 9.22. The van der Waals surface area contributed by atoms with Gasteiger partial charge in [0.1, 0.15) is 0 Å². The highest BCUT2D eigenvalue weighted by Gasteiger charge is 2.36. The van der Waals surface area contributed by atoms with Crippen LogP contribution in [0.25, 0.3) is 0 Å². The van der Waals surface area contributed by atoms with Crippen LogP contribution in [-0.2, 0) is 0 Å². The molecule has 0 spiro atoms. The van der Waals surface area contributed by atoms with Crippen LogP contribution >= 0.6 is 15.9 Å². The molecule has 0 heterocycles. The lowest BCUT2D eigenvalue weighted by Gasteiger charge is -2.02. The number of aryl methyl sites for hydroxylation is 1. The van der Waals surface area contributed by atoms with Crippen molar-refractivity contribution in [1.82, 2.24) is 0 Å². The highest BCUT2D eigenvalue weighted by Crippen LogP contribution is 2.47. The average Bonchev–Trinajstić information content (AvgIpc) is 2.80. The monoisotopic (exact) mass is 239 g/mol. The molecule has 1 aromatic carbocycles. The molecule has 2 heteroatoms. The van der Waals surface area contributed by atoms with Gasteiger partial charge in [0.2, 0.25) is 0 Å². The van der Waals surface area contributed by atoms with Crippen molar-refractivity contribution >= 4 is 15.9 Å². The van der Waals surface area contributed by atoms with Crippen LogP contribution in [0, 0.1) is 12.8 Å². The molecule has 1 saturated carbocycles. The fourth-order valence-corrected chi connectivity index (χ4v) is 2.52. The van der Waals surface area contributed by atoms with E-state index in [-0.39, 0.29) is 0 Å². The van der Waals surface area contributed by atoms with Crippen molar-refractivity contribution in [2.75, 3.05) is 6.54 Å². The van der Waals surface area contributed by atoms with Crippen LogP contribution in [0.5, 0.6) is 0 Å². The molecule has 1 nitrogen and oxygen atoms in total. The average molecular weight is 240 g/mol. The van der Waals surface area contributed by atoms with Crippen LogP contribution in [-0.4, -0.2) is 6.54 Å². The quantitative estimate of drug-likeness (QED) is 0.845. The third kappa shape index (κ3) is 1.94. The highest BCUT2D eigenvalue weighted by atomic mass is 79.9. The summed E-state index contributed by atoms with van der Waals surface area (Å²) in [5.74, 6) is 1.45. The molecule has 0 bridgehead atoms. The second kappa shape index (κ2) is 3.43. The summed E-state index contributed by atoms with van der Waals surface area (Å²) < 4.78 is 1.19. The molecule has 13 heavy (non-hydrogen) atoms. The standard InChI is InChI=1S/C11H14BrN/c1-7-2-8(4-10(12)3-7)11-5-9(11)6-13/h2-4,9,11H,5-6,13H2,1H3/t9-,11-/m0/s1. The van der Waals surface area contributed by atoms with Crippen molar-refractivity contribution in [2.24, 2.45) is 11.7 Å². The van der Waals surface area contributed by atoms with Crippen LogP contribution in [0.3, 0.4) is 0 Å². The van der Waals surface area contributed by atoms with E-state index in [0.29, 0.717) is 0 Å². The number of hydrogen-bond acceptors (Lipinski definition) is 1. The highest BCUT2D eigenvalue weighted by molar-refractivity contribution is 9.10. The summed E-state index contributed by atoms with van der Waals surface area (Å²) in [6.07, 6.45) is 1.27. The van der Waals surface area contributed by atoms with Crippen molar-refractivity contribution in [3.63, 3.8) is 0 Å². The molecule has 0 radical (unpaired) electrons. The summed E-state index contributed by atoms with van der Waals surface area (Å²) >= 11 is 3.52. The fourth-order valence-electron chi connectivity index (χ4n) is 1.90. The van der Waals surface area contributed by atoms with Crippen molar-refractivity contribution in [3.05, 3.63) is 33.8 Å². The molecule has 0 unspecified atom stereocenters. The van der Waals surface area contributed by atoms with E-state index >= 15 is 0 Å². The Kier molecular flexibility index (Phi) is 2.43. The zero-order valence-electron chi connectivity index (χ0n) is 7.76. The third-order valence-electron chi connectivity index (χ3n) is 2.72. The third-order valence-corrected chi connectivity index (χ3v) is 3.18. The van der Waals surface area contributed by atoms with Gasteiger partial charge in [0.15, 0.2) is 0 Å². The molecule has 1 aromatic rings. The van der Waals surface area contributed by atoms with Crippen LogP contribution in [0.1, 0.15) is 23.5 Å². The van der Waals surface area contributed by atoms with Gasteiger partial charge in [0.25, 0.3) is 0 Å². The minimum absolute atomic E-state index is 0.723. The molecule has 0 aliphatic heterocycles. The van der Waals surface area contributed by atoms with Crippen molar-refractivity contribution in [1.29, 1.82) is 0 Å². The van der Waals surface area contributed by atoms with Gasteiger partial charge in [-0.2, -0.15) is 0 Å². The van der Waals surface area contributed by atoms with Gasteiger partial charge in [0.05, 0.1) is 0 Å². The van der Waals surface area contributed by atoms with Gasteiger partial charge in [-0.1, -0.05) is 22.0 Å². The predicted octanol–water partition coefficient (Wildman–Crippen LogP) is 2.82. The summed E-state index contributed by atoms with van der Waals surface area (Å²) in [7, 11) is 0. The van der Waals surface area contributed by atoms with Crippen molar-refractivity contribution in [2.45, 2.75) is 19.3 Å². The Morgan fingerprint density at radius 3 is 2.77 bits per heavy atom. The van der Waals surface area contributed by atoms with Crippen LogP contribution < -0.4 is 5.73 Å². The number of halogens is 1. The van der Waals surface area contributed by atoms with E-state index < -0.39 is 0 Å². The smallest absolute Gasteiger partial charge is 0.0180 e. The zero-order valence-corrected chi connectivity index (χ0v) is 9.34. The lowest BCUT2D eigenvalue weighted by molar-refractivity contribution is 0.809. The fraction of sp³-hybridized carbons (Fsp3) is 0.455. The number of nitrogens with two attached hydrogens (primary N) is 1. The Hall–Kier alpha value is -0.340. The maximum Gasteiger partial charge on any atom is 0.0180 e. The van der Waals surface area contributed by atoms with E-state index in [1.165, 1.54) is 22.0 Å². The maximum absolute atomic E-state index is 5.63.